The molecule has 6 nitrogen and oxygen atoms in total. The van der Waals surface area contributed by atoms with Crippen molar-refractivity contribution in [3.05, 3.63) is 274 Å². The van der Waals surface area contributed by atoms with Gasteiger partial charge in [0.25, 0.3) is 0 Å². The van der Waals surface area contributed by atoms with E-state index in [0.29, 0.717) is 28.6 Å². The van der Waals surface area contributed by atoms with E-state index in [9.17, 15) is 0 Å². The largest absolute Gasteiger partial charge is 3.00 e. The fourth-order valence-corrected chi connectivity index (χ4v) is 9.11. The van der Waals surface area contributed by atoms with Gasteiger partial charge in [0.1, 0.15) is 0 Å². The zero-order valence-corrected chi connectivity index (χ0v) is 44.6. The molecule has 0 aliphatic rings. The van der Waals surface area contributed by atoms with E-state index in [-0.39, 0.29) is 41.2 Å². The molecule has 0 aliphatic carbocycles. The fourth-order valence-electron chi connectivity index (χ4n) is 9.11. The smallest absolute Gasteiger partial charge is 0.479 e. The molecule has 5 aromatic heterocycles. The Labute approximate surface area is 464 Å². The minimum atomic E-state index is 0. The first-order chi connectivity index (χ1) is 36.2. The molecule has 0 unspecified atom stereocenters. The molecule has 0 N–H and O–H groups in total. The van der Waals surface area contributed by atoms with Crippen LogP contribution in [0.5, 0.6) is 11.6 Å². The number of ether oxygens (including phenoxy) is 1. The van der Waals surface area contributed by atoms with Crippen LogP contribution in [-0.4, -0.2) is 24.9 Å². The molecule has 0 saturated carbocycles. The van der Waals surface area contributed by atoms with Crippen molar-refractivity contribution >= 4 is 0 Å². The summed E-state index contributed by atoms with van der Waals surface area (Å²) in [6.07, 6.45) is 7.11. The number of pyridine rings is 5. The first-order valence-electron chi connectivity index (χ1n) is 23.9. The van der Waals surface area contributed by atoms with Crippen molar-refractivity contribution in [2.75, 3.05) is 0 Å². The quantitative estimate of drug-likeness (QED) is 0.114. The zero-order chi connectivity index (χ0) is 48.8. The minimum Gasteiger partial charge on any atom is -0.479 e. The topological polar surface area (TPSA) is 73.7 Å². The van der Waals surface area contributed by atoms with Gasteiger partial charge in [-0.05, 0) is 99.0 Å². The number of aromatic nitrogens is 5. The van der Waals surface area contributed by atoms with Crippen LogP contribution in [0.1, 0.15) is 0 Å². The molecule has 358 valence electrons. The summed E-state index contributed by atoms with van der Waals surface area (Å²) in [4.78, 5) is 23.2. The molecular weight excluding hydrogens is 1280 g/mol. The summed E-state index contributed by atoms with van der Waals surface area (Å²) in [6.45, 7) is 0. The van der Waals surface area contributed by atoms with E-state index >= 15 is 0 Å². The molecule has 0 aliphatic heterocycles. The van der Waals surface area contributed by atoms with E-state index in [2.05, 4.69) is 178 Å². The molecule has 0 atom stereocenters. The second-order valence-corrected chi connectivity index (χ2v) is 17.2. The van der Waals surface area contributed by atoms with Gasteiger partial charge in [-0.3, -0.25) is 11.1 Å². The van der Waals surface area contributed by atoms with Crippen molar-refractivity contribution in [3.63, 3.8) is 0 Å². The maximum absolute atomic E-state index is 6.80. The maximum Gasteiger partial charge on any atom is 3.00 e. The number of hydrogen-bond acceptors (Lipinski definition) is 6. The zero-order valence-electron chi connectivity index (χ0n) is 39.9. The summed E-state index contributed by atoms with van der Waals surface area (Å²) in [6, 6.07) is 91.3. The van der Waals surface area contributed by atoms with Gasteiger partial charge in [-0.2, -0.15) is 6.07 Å². The van der Waals surface area contributed by atoms with E-state index in [1.165, 1.54) is 0 Å². The number of nitrogens with zero attached hydrogens (tertiary/aromatic N) is 5. The number of rotatable bonds is 12. The van der Waals surface area contributed by atoms with Gasteiger partial charge >= 0.3 is 41.2 Å². The van der Waals surface area contributed by atoms with Gasteiger partial charge in [0.05, 0.1) is 11.4 Å². The van der Waals surface area contributed by atoms with Crippen LogP contribution >= 0.6 is 0 Å². The molecule has 7 aromatic carbocycles. The van der Waals surface area contributed by atoms with E-state index in [0.717, 1.165) is 95.0 Å². The standard InChI is InChI=1S/C67H40N5O.Ir.Pt/c1-3-18-56(54(16-1)46-28-32-48(33-29-46)61-22-7-11-38-68-61)51-42-52(57-19-4-2-17-55(57)47-30-34-49(35-31-47)62-23-8-12-39-69-62)44-53(43-51)58-20-5-6-21-59(58)60-37-36-50(63-24-9-13-40-70-63)45-66(60)73-67-27-15-26-65(72-67)64-25-10-14-41-71-64;;/h1-23,25-32,34,37-44H;;/q-5;+3;+2. The molecule has 12 rings (SSSR count). The van der Waals surface area contributed by atoms with Crippen molar-refractivity contribution in [2.24, 2.45) is 0 Å². The maximum atomic E-state index is 6.80. The second-order valence-electron chi connectivity index (χ2n) is 17.2. The Morgan fingerprint density at radius 3 is 1.29 bits per heavy atom. The van der Waals surface area contributed by atoms with E-state index in [4.69, 9.17) is 9.72 Å². The second kappa shape index (κ2) is 23.1. The van der Waals surface area contributed by atoms with Crippen LogP contribution in [0.15, 0.2) is 243 Å². The van der Waals surface area contributed by atoms with Crippen molar-refractivity contribution in [3.8, 4) is 124 Å². The van der Waals surface area contributed by atoms with Gasteiger partial charge in [0.2, 0.25) is 5.88 Å². The van der Waals surface area contributed by atoms with Crippen LogP contribution in [0, 0.1) is 30.3 Å². The summed E-state index contributed by atoms with van der Waals surface area (Å²) in [5.74, 6) is 0.863. The molecular formula is C67H40IrN5OPt. The Morgan fingerprint density at radius 2 is 0.813 bits per heavy atom. The third-order valence-electron chi connectivity index (χ3n) is 12.6. The Bertz CT molecular complexity index is 3720. The van der Waals surface area contributed by atoms with E-state index < -0.39 is 0 Å². The molecule has 5 heterocycles. The first-order valence-corrected chi connectivity index (χ1v) is 23.9. The van der Waals surface area contributed by atoms with Gasteiger partial charge < -0.3 is 37.4 Å². The molecule has 0 fully saturated rings. The summed E-state index contributed by atoms with van der Waals surface area (Å²) in [5.41, 5.74) is 18.5. The summed E-state index contributed by atoms with van der Waals surface area (Å²) in [5, 5.41) is 0. The van der Waals surface area contributed by atoms with Gasteiger partial charge in [0, 0.05) is 24.7 Å². The third kappa shape index (κ3) is 10.9. The van der Waals surface area contributed by atoms with Crippen molar-refractivity contribution in [2.45, 2.75) is 0 Å². The van der Waals surface area contributed by atoms with Crippen LogP contribution in [0.4, 0.5) is 0 Å². The van der Waals surface area contributed by atoms with Crippen molar-refractivity contribution in [1.82, 2.24) is 24.9 Å². The molecule has 0 saturated heterocycles. The first kappa shape index (κ1) is 50.0. The summed E-state index contributed by atoms with van der Waals surface area (Å²) < 4.78 is 6.80. The molecule has 12 aromatic rings. The van der Waals surface area contributed by atoms with Crippen molar-refractivity contribution in [1.29, 1.82) is 0 Å². The molecule has 0 spiro atoms. The predicted octanol–water partition coefficient (Wildman–Crippen LogP) is 16.1. The normalized spacial score (nSPS) is 10.7. The molecule has 75 heavy (non-hydrogen) atoms. The molecule has 0 radical (unpaired) electrons. The van der Waals surface area contributed by atoms with Crippen molar-refractivity contribution < 1.29 is 45.9 Å². The van der Waals surface area contributed by atoms with Gasteiger partial charge in [-0.15, -0.1) is 71.3 Å². The van der Waals surface area contributed by atoms with Crippen LogP contribution in [0.25, 0.3) is 112 Å². The van der Waals surface area contributed by atoms with Crippen LogP contribution in [0.3, 0.4) is 0 Å². The Balaban J connectivity index is 0.00000321. The summed E-state index contributed by atoms with van der Waals surface area (Å²) >= 11 is 0. The molecule has 0 amide bonds. The average molecular weight is 1320 g/mol. The number of benzene rings is 7. The van der Waals surface area contributed by atoms with E-state index in [1.54, 1.807) is 12.4 Å². The van der Waals surface area contributed by atoms with Crippen LogP contribution < -0.4 is 4.74 Å². The predicted molar refractivity (Wildman–Crippen MR) is 290 cm³/mol. The monoisotopic (exact) mass is 1320 g/mol. The SMILES string of the molecule is [Ir+3].[Pt+2].[c-]1cc(-c2ccccc2-c2cc(-c3ccccc3-c3c[c-]c(-c4ccccn4)cc3)cc(-c3ccccc3-c3c[c-]c(-c4ccccn4)cc3)c2)c(Oc2cccc(-c3ccccn3)n2)[c-]c1-c1[c-]cccn1. The Hall–Kier alpha value is -8.57. The average Bonchev–Trinajstić information content (AvgIpc) is 3.48. The van der Waals surface area contributed by atoms with E-state index in [1.807, 2.05) is 103 Å². The third-order valence-corrected chi connectivity index (χ3v) is 12.6. The molecule has 0 bridgehead atoms. The summed E-state index contributed by atoms with van der Waals surface area (Å²) in [7, 11) is 0. The van der Waals surface area contributed by atoms with Gasteiger partial charge in [0.15, 0.2) is 0 Å². The van der Waals surface area contributed by atoms with Crippen LogP contribution in [-0.2, 0) is 41.2 Å². The van der Waals surface area contributed by atoms with Gasteiger partial charge in [-0.1, -0.05) is 143 Å². The minimum absolute atomic E-state index is 0. The number of hydrogen-bond donors (Lipinski definition) is 0. The Morgan fingerprint density at radius 1 is 0.347 bits per heavy atom. The fraction of sp³-hybridized carbons (Fsp3) is 0. The Kier molecular flexibility index (Phi) is 15.4. The van der Waals surface area contributed by atoms with Crippen LogP contribution in [0.2, 0.25) is 0 Å². The molecule has 8 heteroatoms. The van der Waals surface area contributed by atoms with Gasteiger partial charge in [-0.25, -0.2) is 16.7 Å².